The van der Waals surface area contributed by atoms with Crippen molar-refractivity contribution in [2.45, 2.75) is 46.0 Å². The van der Waals surface area contributed by atoms with Gasteiger partial charge in [-0.3, -0.25) is 4.79 Å². The van der Waals surface area contributed by atoms with E-state index < -0.39 is 0 Å². The van der Waals surface area contributed by atoms with Crippen LogP contribution in [0.1, 0.15) is 55.2 Å². The van der Waals surface area contributed by atoms with Gasteiger partial charge in [-0.1, -0.05) is 13.3 Å². The highest BCUT2D eigenvalue weighted by Gasteiger charge is 2.14. The zero-order valence-corrected chi connectivity index (χ0v) is 20.0. The number of aryl methyl sites for hydroxylation is 1. The molecule has 1 aliphatic heterocycles. The van der Waals surface area contributed by atoms with Gasteiger partial charge < -0.3 is 20.3 Å². The number of nitrogens with one attached hydrogen (secondary N) is 2. The van der Waals surface area contributed by atoms with Crippen LogP contribution in [-0.2, 0) is 0 Å². The van der Waals surface area contributed by atoms with Gasteiger partial charge in [0, 0.05) is 36.1 Å². The number of aromatic nitrogens is 2. The molecule has 1 aliphatic rings. The quantitative estimate of drug-likeness (QED) is 0.385. The van der Waals surface area contributed by atoms with Crippen molar-refractivity contribution in [2.24, 2.45) is 0 Å². The molecular formula is C27H33N5O2. The lowest BCUT2D eigenvalue weighted by Crippen LogP contribution is -2.30. The highest BCUT2D eigenvalue weighted by atomic mass is 16.5. The Hall–Kier alpha value is -3.61. The van der Waals surface area contributed by atoms with E-state index >= 15 is 0 Å². The molecule has 1 amide bonds. The summed E-state index contributed by atoms with van der Waals surface area (Å²) in [5, 5.41) is 6.30. The zero-order valence-electron chi connectivity index (χ0n) is 20.0. The fourth-order valence-corrected chi connectivity index (χ4v) is 3.93. The maximum Gasteiger partial charge on any atom is 0.255 e. The van der Waals surface area contributed by atoms with Crippen molar-refractivity contribution in [3.63, 3.8) is 0 Å². The van der Waals surface area contributed by atoms with Crippen LogP contribution in [-0.4, -0.2) is 35.6 Å². The van der Waals surface area contributed by atoms with Gasteiger partial charge in [0.25, 0.3) is 5.91 Å². The van der Waals surface area contributed by atoms with E-state index in [1.165, 1.54) is 19.3 Å². The average Bonchev–Trinajstić information content (AvgIpc) is 2.86. The second-order valence-corrected chi connectivity index (χ2v) is 8.59. The van der Waals surface area contributed by atoms with Gasteiger partial charge in [-0.05, 0) is 81.1 Å². The molecule has 7 nitrogen and oxygen atoms in total. The number of unbranched alkanes of at least 4 members (excludes halogenated alkanes) is 1. The molecule has 1 aromatic heterocycles. The molecule has 1 saturated heterocycles. The fourth-order valence-electron chi connectivity index (χ4n) is 3.93. The highest BCUT2D eigenvalue weighted by molar-refractivity contribution is 6.04. The van der Waals surface area contributed by atoms with E-state index in [4.69, 9.17) is 4.74 Å². The standard InChI is InChI=1S/C27H33N5O2/c1-3-4-18-34-24-14-8-21(9-15-24)27(33)31-23-12-10-22(11-13-23)30-25-19-26(29-20(2)28-25)32-16-6-5-7-17-32/h8-15,19H,3-7,16-18H2,1-2H3,(H,31,33)(H,28,29,30). The number of anilines is 4. The molecule has 0 unspecified atom stereocenters. The van der Waals surface area contributed by atoms with Gasteiger partial charge in [0.2, 0.25) is 0 Å². The number of amides is 1. The van der Waals surface area contributed by atoms with Crippen molar-refractivity contribution in [3.8, 4) is 5.75 Å². The number of hydrogen-bond acceptors (Lipinski definition) is 6. The highest BCUT2D eigenvalue weighted by Crippen LogP contribution is 2.24. The fraction of sp³-hybridized carbons (Fsp3) is 0.370. The molecule has 178 valence electrons. The third kappa shape index (κ3) is 6.47. The van der Waals surface area contributed by atoms with Gasteiger partial charge >= 0.3 is 0 Å². The van der Waals surface area contributed by atoms with Gasteiger partial charge in [0.05, 0.1) is 6.61 Å². The van der Waals surface area contributed by atoms with E-state index in [1.807, 2.05) is 49.4 Å². The molecule has 34 heavy (non-hydrogen) atoms. The molecule has 0 saturated carbocycles. The second-order valence-electron chi connectivity index (χ2n) is 8.59. The van der Waals surface area contributed by atoms with Crippen molar-refractivity contribution < 1.29 is 9.53 Å². The van der Waals surface area contributed by atoms with E-state index in [0.29, 0.717) is 12.2 Å². The Balaban J connectivity index is 1.35. The first-order chi connectivity index (χ1) is 16.6. The summed E-state index contributed by atoms with van der Waals surface area (Å²) in [6.45, 7) is 6.82. The summed E-state index contributed by atoms with van der Waals surface area (Å²) in [7, 11) is 0. The van der Waals surface area contributed by atoms with Gasteiger partial charge in [0.15, 0.2) is 0 Å². The Morgan fingerprint density at radius 1 is 0.971 bits per heavy atom. The van der Waals surface area contributed by atoms with Crippen LogP contribution >= 0.6 is 0 Å². The van der Waals surface area contributed by atoms with Crippen LogP contribution in [0, 0.1) is 6.92 Å². The number of hydrogen-bond donors (Lipinski definition) is 2. The molecule has 0 aliphatic carbocycles. The topological polar surface area (TPSA) is 79.4 Å². The van der Waals surface area contributed by atoms with E-state index in [9.17, 15) is 4.79 Å². The van der Waals surface area contributed by atoms with Crippen molar-refractivity contribution >= 4 is 28.9 Å². The monoisotopic (exact) mass is 459 g/mol. The van der Waals surface area contributed by atoms with E-state index in [2.05, 4.69) is 32.4 Å². The van der Waals surface area contributed by atoms with Crippen molar-refractivity contribution in [1.29, 1.82) is 0 Å². The van der Waals surface area contributed by atoms with Crippen LogP contribution in [0.3, 0.4) is 0 Å². The normalized spacial score (nSPS) is 13.4. The van der Waals surface area contributed by atoms with Gasteiger partial charge in [-0.15, -0.1) is 0 Å². The molecule has 0 atom stereocenters. The molecule has 1 fully saturated rings. The molecule has 0 spiro atoms. The van der Waals surface area contributed by atoms with E-state index in [0.717, 1.165) is 60.5 Å². The van der Waals surface area contributed by atoms with Crippen LogP contribution in [0.2, 0.25) is 0 Å². The van der Waals surface area contributed by atoms with Crippen LogP contribution < -0.4 is 20.3 Å². The molecule has 2 aromatic carbocycles. The summed E-state index contributed by atoms with van der Waals surface area (Å²) < 4.78 is 5.66. The molecular weight excluding hydrogens is 426 g/mol. The second kappa shape index (κ2) is 11.5. The lowest BCUT2D eigenvalue weighted by molar-refractivity contribution is 0.102. The van der Waals surface area contributed by atoms with Crippen molar-refractivity contribution in [1.82, 2.24) is 9.97 Å². The number of ether oxygens (including phenoxy) is 1. The molecule has 0 bridgehead atoms. The molecule has 3 aromatic rings. The Morgan fingerprint density at radius 2 is 1.68 bits per heavy atom. The number of piperidine rings is 1. The lowest BCUT2D eigenvalue weighted by Gasteiger charge is -2.28. The van der Waals surface area contributed by atoms with Crippen LogP contribution in [0.5, 0.6) is 5.75 Å². The Morgan fingerprint density at radius 3 is 2.38 bits per heavy atom. The SMILES string of the molecule is CCCCOc1ccc(C(=O)Nc2ccc(Nc3cc(N4CCCCC4)nc(C)n3)cc2)cc1. The minimum absolute atomic E-state index is 0.154. The predicted octanol–water partition coefficient (Wildman–Crippen LogP) is 5.95. The lowest BCUT2D eigenvalue weighted by atomic mass is 10.1. The summed E-state index contributed by atoms with van der Waals surface area (Å²) in [5.41, 5.74) is 2.22. The predicted molar refractivity (Wildman–Crippen MR) is 137 cm³/mol. The summed E-state index contributed by atoms with van der Waals surface area (Å²) in [5.74, 6) is 3.12. The number of rotatable bonds is 9. The first-order valence-electron chi connectivity index (χ1n) is 12.1. The first-order valence-corrected chi connectivity index (χ1v) is 12.1. The van der Waals surface area contributed by atoms with E-state index in [1.54, 1.807) is 12.1 Å². The Bertz CT molecular complexity index is 1080. The third-order valence-corrected chi connectivity index (χ3v) is 5.80. The average molecular weight is 460 g/mol. The number of benzene rings is 2. The van der Waals surface area contributed by atoms with Crippen LogP contribution in [0.15, 0.2) is 54.6 Å². The Labute approximate surface area is 201 Å². The largest absolute Gasteiger partial charge is 0.494 e. The number of carbonyl (C=O) groups is 1. The van der Waals surface area contributed by atoms with Gasteiger partial charge in [0.1, 0.15) is 23.2 Å². The minimum Gasteiger partial charge on any atom is -0.494 e. The maximum atomic E-state index is 12.6. The zero-order chi connectivity index (χ0) is 23.8. The van der Waals surface area contributed by atoms with Gasteiger partial charge in [-0.25, -0.2) is 9.97 Å². The molecule has 7 heteroatoms. The maximum absolute atomic E-state index is 12.6. The third-order valence-electron chi connectivity index (χ3n) is 5.80. The summed E-state index contributed by atoms with van der Waals surface area (Å²) in [4.78, 5) is 24.1. The molecule has 2 heterocycles. The summed E-state index contributed by atoms with van der Waals surface area (Å²) in [6, 6.07) is 16.8. The van der Waals surface area contributed by atoms with Crippen LogP contribution in [0.4, 0.5) is 23.0 Å². The van der Waals surface area contributed by atoms with Crippen molar-refractivity contribution in [2.75, 3.05) is 35.2 Å². The van der Waals surface area contributed by atoms with Crippen LogP contribution in [0.25, 0.3) is 0 Å². The van der Waals surface area contributed by atoms with E-state index in [-0.39, 0.29) is 5.91 Å². The molecule has 0 radical (unpaired) electrons. The molecule has 2 N–H and O–H groups in total. The smallest absolute Gasteiger partial charge is 0.255 e. The minimum atomic E-state index is -0.154. The first kappa shape index (κ1) is 23.5. The molecule has 4 rings (SSSR count). The summed E-state index contributed by atoms with van der Waals surface area (Å²) in [6.07, 6.45) is 5.80. The van der Waals surface area contributed by atoms with Crippen molar-refractivity contribution in [3.05, 3.63) is 66.0 Å². The summed E-state index contributed by atoms with van der Waals surface area (Å²) >= 11 is 0. The van der Waals surface area contributed by atoms with Gasteiger partial charge in [-0.2, -0.15) is 0 Å². The Kier molecular flexibility index (Phi) is 7.96. The number of carbonyl (C=O) groups excluding carboxylic acids is 1. The number of nitrogens with zero attached hydrogens (tertiary/aromatic N) is 3.